The van der Waals surface area contributed by atoms with Gasteiger partial charge in [-0.2, -0.15) is 0 Å². The molecule has 4 rings (SSSR count). The first-order chi connectivity index (χ1) is 24.5. The molecule has 0 aromatic carbocycles. The van der Waals surface area contributed by atoms with Crippen molar-refractivity contribution in [3.05, 3.63) is 60.2 Å². The van der Waals surface area contributed by atoms with E-state index in [1.807, 2.05) is 0 Å². The summed E-state index contributed by atoms with van der Waals surface area (Å²) in [5, 5.41) is 47.4. The summed E-state index contributed by atoms with van der Waals surface area (Å²) in [5.74, 6) is -4.17. The fourth-order valence-corrected chi connectivity index (χ4v) is 8.39. The van der Waals surface area contributed by atoms with Gasteiger partial charge in [-0.3, -0.25) is 38.9 Å². The van der Waals surface area contributed by atoms with Crippen LogP contribution in [0, 0.1) is 10.8 Å². The third-order valence-electron chi connectivity index (χ3n) is 10.9. The van der Waals surface area contributed by atoms with Crippen molar-refractivity contribution >= 4 is 23.8 Å². The number of likely N-dealkylation sites (tertiary alicyclic amines) is 2. The van der Waals surface area contributed by atoms with Gasteiger partial charge in [0.05, 0.1) is 29.6 Å². The van der Waals surface area contributed by atoms with Gasteiger partial charge in [-0.15, -0.1) is 0 Å². The van der Waals surface area contributed by atoms with Crippen LogP contribution >= 0.6 is 0 Å². The minimum Gasteiger partial charge on any atom is -0.481 e. The summed E-state index contributed by atoms with van der Waals surface area (Å²) >= 11 is 0. The number of carboxylic acids is 3. The Hall–Kier alpha value is -3.94. The minimum absolute atomic E-state index is 0.0392. The van der Waals surface area contributed by atoms with Crippen molar-refractivity contribution in [3.63, 3.8) is 0 Å². The van der Waals surface area contributed by atoms with Crippen molar-refractivity contribution in [3.8, 4) is 0 Å². The predicted molar refractivity (Wildman–Crippen MR) is 190 cm³/mol. The van der Waals surface area contributed by atoms with Crippen LogP contribution in [0.2, 0.25) is 0 Å². The molecule has 51 heavy (non-hydrogen) atoms. The number of piperidine rings is 2. The molecule has 3 unspecified atom stereocenters. The van der Waals surface area contributed by atoms with Gasteiger partial charge >= 0.3 is 17.9 Å². The largest absolute Gasteiger partial charge is 0.481 e. The van der Waals surface area contributed by atoms with E-state index >= 15 is 0 Å². The molecule has 0 aliphatic carbocycles. The first-order valence-electron chi connectivity index (χ1n) is 18.4. The van der Waals surface area contributed by atoms with Crippen LogP contribution in [0.4, 0.5) is 0 Å². The Bertz CT molecular complexity index is 1370. The number of aliphatic hydroxyl groups excluding tert-OH is 1. The van der Waals surface area contributed by atoms with Gasteiger partial charge in [0.25, 0.3) is 0 Å². The van der Waals surface area contributed by atoms with Crippen LogP contribution in [-0.2, 0) is 19.2 Å². The van der Waals surface area contributed by atoms with Gasteiger partial charge in [0.1, 0.15) is 16.9 Å². The highest BCUT2D eigenvalue weighted by Gasteiger charge is 2.75. The molecule has 4 heterocycles. The van der Waals surface area contributed by atoms with Gasteiger partial charge in [-0.25, -0.2) is 0 Å². The van der Waals surface area contributed by atoms with Crippen LogP contribution < -0.4 is 5.32 Å². The maximum atomic E-state index is 13.5. The number of unbranched alkanes of at least 4 members (excludes halogenated alkanes) is 9. The number of fused-ring (bicyclic) bond motifs is 2. The molecule has 5 N–H and O–H groups in total. The standard InChI is InChI=1S/C38H55N5O8/c1-3-4-5-6-7-8-9-10-11-21-30(44)41-24-17-14-20-29(33(45)46)43-25-37(35(48)49)31(27-18-12-15-22-39-27)42(2)32(28-19-13-16-23-40-28)38(26-43,34(37)47)36(50)51/h12-13,15-16,18-19,22-23,29,31-32,34,47H,3-11,14,17,20-21,24-26H2,1-2H3,(H,41,44)(H,45,46)(H,48,49)(H,50,51)/t29-,31-,32?,34-,37?,38?/m0/s1. The smallest absolute Gasteiger partial charge is 0.320 e. The number of pyridine rings is 2. The topological polar surface area (TPSA) is 193 Å². The molecule has 280 valence electrons. The Morgan fingerprint density at radius 3 is 1.75 bits per heavy atom. The van der Waals surface area contributed by atoms with E-state index in [2.05, 4.69) is 22.2 Å². The molecule has 0 radical (unpaired) electrons. The molecule has 13 nitrogen and oxygen atoms in total. The highest BCUT2D eigenvalue weighted by Crippen LogP contribution is 2.62. The van der Waals surface area contributed by atoms with E-state index in [-0.39, 0.29) is 12.3 Å². The maximum Gasteiger partial charge on any atom is 0.320 e. The molecule has 6 atom stereocenters. The average molecular weight is 710 g/mol. The van der Waals surface area contributed by atoms with Crippen LogP contribution in [0.3, 0.4) is 0 Å². The monoisotopic (exact) mass is 709 g/mol. The van der Waals surface area contributed by atoms with Gasteiger partial charge in [-0.1, -0.05) is 70.4 Å². The third-order valence-corrected chi connectivity index (χ3v) is 10.9. The second-order valence-electron chi connectivity index (χ2n) is 14.3. The summed E-state index contributed by atoms with van der Waals surface area (Å²) in [5.41, 5.74) is -3.73. The number of hydrogen-bond acceptors (Lipinski definition) is 9. The van der Waals surface area contributed by atoms with Crippen molar-refractivity contribution in [2.24, 2.45) is 10.8 Å². The lowest BCUT2D eigenvalue weighted by Gasteiger charge is -2.64. The van der Waals surface area contributed by atoms with E-state index in [1.165, 1.54) is 55.8 Å². The number of carbonyl (C=O) groups excluding carboxylic acids is 1. The van der Waals surface area contributed by atoms with Crippen LogP contribution in [-0.4, -0.2) is 103 Å². The normalized spacial score (nSPS) is 25.6. The molecule has 2 aromatic rings. The number of hydrogen-bond donors (Lipinski definition) is 5. The van der Waals surface area contributed by atoms with Gasteiger partial charge in [0, 0.05) is 38.4 Å². The molecule has 2 fully saturated rings. The fraction of sp³-hybridized carbons (Fsp3) is 0.632. The number of aliphatic hydroxyl groups is 1. The molecule has 2 saturated heterocycles. The quantitative estimate of drug-likeness (QED) is 0.113. The fourth-order valence-electron chi connectivity index (χ4n) is 8.39. The van der Waals surface area contributed by atoms with E-state index in [0.717, 1.165) is 19.3 Å². The summed E-state index contributed by atoms with van der Waals surface area (Å²) in [4.78, 5) is 64.1. The second kappa shape index (κ2) is 18.5. The second-order valence-corrected chi connectivity index (χ2v) is 14.3. The minimum atomic E-state index is -2.16. The van der Waals surface area contributed by atoms with E-state index in [0.29, 0.717) is 37.2 Å². The Balaban J connectivity index is 1.49. The number of nitrogens with one attached hydrogen (secondary N) is 1. The summed E-state index contributed by atoms with van der Waals surface area (Å²) < 4.78 is 0. The zero-order valence-corrected chi connectivity index (χ0v) is 30.0. The first kappa shape index (κ1) is 39.8. The zero-order chi connectivity index (χ0) is 37.0. The Morgan fingerprint density at radius 1 is 0.784 bits per heavy atom. The summed E-state index contributed by atoms with van der Waals surface area (Å²) in [6, 6.07) is 6.44. The Labute approximate surface area is 300 Å². The van der Waals surface area contributed by atoms with E-state index in [9.17, 15) is 39.6 Å². The lowest BCUT2D eigenvalue weighted by atomic mass is 9.53. The number of carbonyl (C=O) groups is 4. The van der Waals surface area contributed by atoms with Gasteiger partial charge in [-0.05, 0) is 57.0 Å². The Morgan fingerprint density at radius 2 is 1.29 bits per heavy atom. The molecule has 1 amide bonds. The zero-order valence-electron chi connectivity index (χ0n) is 30.0. The van der Waals surface area contributed by atoms with Crippen molar-refractivity contribution in [2.75, 3.05) is 26.7 Å². The first-order valence-corrected chi connectivity index (χ1v) is 18.4. The summed E-state index contributed by atoms with van der Waals surface area (Å²) in [7, 11) is 1.61. The Kier molecular flexibility index (Phi) is 14.5. The van der Waals surface area contributed by atoms with Crippen LogP contribution in [0.25, 0.3) is 0 Å². The number of rotatable bonds is 21. The molecule has 2 aliphatic heterocycles. The van der Waals surface area contributed by atoms with Crippen molar-refractivity contribution in [2.45, 2.75) is 115 Å². The number of aromatic nitrogens is 2. The van der Waals surface area contributed by atoms with E-state index in [1.54, 1.807) is 48.3 Å². The van der Waals surface area contributed by atoms with Gasteiger partial charge < -0.3 is 25.7 Å². The SMILES string of the molecule is CCCCCCCCCCCC(=O)NCCCC[C@@H](C(=O)O)N1CC2(C(=O)O)C(c3ccccn3)N(C)[C@@H](c3ccccn3)C(C(=O)O)(C1)[C@@H]2O. The number of aliphatic carboxylic acids is 3. The predicted octanol–water partition coefficient (Wildman–Crippen LogP) is 4.68. The van der Waals surface area contributed by atoms with Crippen molar-refractivity contribution < 1.29 is 39.6 Å². The lowest BCUT2D eigenvalue weighted by molar-refractivity contribution is -0.250. The summed E-state index contributed by atoms with van der Waals surface area (Å²) in [6.45, 7) is 1.72. The van der Waals surface area contributed by atoms with Crippen LogP contribution in [0.15, 0.2) is 48.8 Å². The van der Waals surface area contributed by atoms with E-state index < -0.39 is 66.1 Å². The maximum absolute atomic E-state index is 13.5. The van der Waals surface area contributed by atoms with E-state index in [4.69, 9.17) is 0 Å². The highest BCUT2D eigenvalue weighted by molar-refractivity contribution is 5.85. The average Bonchev–Trinajstić information content (AvgIpc) is 3.10. The van der Waals surface area contributed by atoms with Gasteiger partial charge in [0.15, 0.2) is 0 Å². The third kappa shape index (κ3) is 8.75. The molecule has 0 saturated carbocycles. The lowest BCUT2D eigenvalue weighted by Crippen LogP contribution is -2.78. The number of amides is 1. The molecule has 2 bridgehead atoms. The molecular formula is C38H55N5O8. The number of carboxylic acid groups (broad SMARTS) is 3. The van der Waals surface area contributed by atoms with Crippen molar-refractivity contribution in [1.29, 1.82) is 0 Å². The molecular weight excluding hydrogens is 654 g/mol. The molecule has 2 aliphatic rings. The van der Waals surface area contributed by atoms with Crippen LogP contribution in [0.1, 0.15) is 114 Å². The highest BCUT2D eigenvalue weighted by atomic mass is 16.4. The summed E-state index contributed by atoms with van der Waals surface area (Å²) in [6.07, 6.45) is 13.0. The van der Waals surface area contributed by atoms with Crippen LogP contribution in [0.5, 0.6) is 0 Å². The molecule has 0 spiro atoms. The molecule has 2 aromatic heterocycles. The number of nitrogens with zero attached hydrogens (tertiary/aromatic N) is 4. The van der Waals surface area contributed by atoms with Gasteiger partial charge in [0.2, 0.25) is 5.91 Å². The molecule has 13 heteroatoms. The van der Waals surface area contributed by atoms with Crippen molar-refractivity contribution in [1.82, 2.24) is 25.1 Å².